The van der Waals surface area contributed by atoms with Gasteiger partial charge in [0.05, 0.1) is 12.1 Å². The molecule has 0 aliphatic carbocycles. The zero-order valence-electron chi connectivity index (χ0n) is 19.0. The van der Waals surface area contributed by atoms with Crippen LogP contribution in [0.2, 0.25) is 0 Å². The number of carboxylic acids is 1. The maximum atomic E-state index is 12.9. The Morgan fingerprint density at radius 2 is 1.71 bits per heavy atom. The third-order valence-corrected chi connectivity index (χ3v) is 6.18. The molecule has 0 bridgehead atoms. The molecule has 0 aromatic heterocycles. The predicted octanol–water partition coefficient (Wildman–Crippen LogP) is 5.69. The summed E-state index contributed by atoms with van der Waals surface area (Å²) in [6.45, 7) is 9.51. The highest BCUT2D eigenvalue weighted by Gasteiger charge is 2.32. The summed E-state index contributed by atoms with van der Waals surface area (Å²) in [4.78, 5) is 15.3. The molecule has 0 saturated carbocycles. The molecular formula is C24H37F3N2O2. The summed E-state index contributed by atoms with van der Waals surface area (Å²) in [5.74, 6) is 0.519. The molecule has 2 rings (SSSR count). The molecule has 1 aromatic rings. The van der Waals surface area contributed by atoms with Crippen LogP contribution in [0.25, 0.3) is 0 Å². The fraction of sp³-hybridized carbons (Fsp3) is 0.708. The highest BCUT2D eigenvalue weighted by Crippen LogP contribution is 2.32. The van der Waals surface area contributed by atoms with E-state index in [0.717, 1.165) is 49.5 Å². The number of nitrogens with zero attached hydrogens (tertiary/aromatic N) is 2. The standard InChI is InChI=1S/C24H37F3N2O2/c1-18(2)6-4-7-19(3)8-5-13-29-15-14-28(17-23(30)31)16-22(29)20-9-11-21(12-10-20)24(25,26)27/h9-12,18-19,22H,4-8,13-17H2,1-3H3,(H,30,31). The van der Waals surface area contributed by atoms with E-state index in [2.05, 4.69) is 25.7 Å². The number of alkyl halides is 3. The minimum absolute atomic E-state index is 0.0438. The van der Waals surface area contributed by atoms with Crippen molar-refractivity contribution in [1.82, 2.24) is 9.80 Å². The van der Waals surface area contributed by atoms with Crippen molar-refractivity contribution >= 4 is 5.97 Å². The predicted molar refractivity (Wildman–Crippen MR) is 117 cm³/mol. The Kier molecular flexibility index (Phi) is 9.82. The van der Waals surface area contributed by atoms with Crippen LogP contribution in [-0.2, 0) is 11.0 Å². The summed E-state index contributed by atoms with van der Waals surface area (Å²) in [5, 5.41) is 9.14. The number of carboxylic acid groups (broad SMARTS) is 1. The second-order valence-corrected chi connectivity index (χ2v) is 9.37. The van der Waals surface area contributed by atoms with Crippen molar-refractivity contribution in [2.45, 2.75) is 65.1 Å². The molecule has 1 fully saturated rings. The number of benzene rings is 1. The minimum Gasteiger partial charge on any atom is -0.480 e. The van der Waals surface area contributed by atoms with E-state index < -0.39 is 17.7 Å². The van der Waals surface area contributed by atoms with E-state index in [4.69, 9.17) is 5.11 Å². The molecule has 1 aliphatic rings. The van der Waals surface area contributed by atoms with E-state index in [-0.39, 0.29) is 12.6 Å². The van der Waals surface area contributed by atoms with E-state index in [9.17, 15) is 18.0 Å². The highest BCUT2D eigenvalue weighted by molar-refractivity contribution is 5.69. The van der Waals surface area contributed by atoms with Gasteiger partial charge in [0, 0.05) is 25.7 Å². The van der Waals surface area contributed by atoms with E-state index in [0.29, 0.717) is 19.0 Å². The van der Waals surface area contributed by atoms with Crippen molar-refractivity contribution in [2.75, 3.05) is 32.7 Å². The Balaban J connectivity index is 1.98. The number of piperazine rings is 1. The molecule has 0 spiro atoms. The van der Waals surface area contributed by atoms with Crippen LogP contribution in [0.5, 0.6) is 0 Å². The number of aliphatic carboxylic acids is 1. The fourth-order valence-corrected chi connectivity index (χ4v) is 4.35. The summed E-state index contributed by atoms with van der Waals surface area (Å²) in [7, 11) is 0. The van der Waals surface area contributed by atoms with E-state index in [1.54, 1.807) is 12.1 Å². The smallest absolute Gasteiger partial charge is 0.416 e. The first-order valence-electron chi connectivity index (χ1n) is 11.4. The van der Waals surface area contributed by atoms with E-state index in [1.807, 2.05) is 4.90 Å². The summed E-state index contributed by atoms with van der Waals surface area (Å²) >= 11 is 0. The van der Waals surface area contributed by atoms with Crippen molar-refractivity contribution < 1.29 is 23.1 Å². The van der Waals surface area contributed by atoms with Gasteiger partial charge in [-0.25, -0.2) is 0 Å². The van der Waals surface area contributed by atoms with Crippen molar-refractivity contribution in [3.8, 4) is 0 Å². The van der Waals surface area contributed by atoms with E-state index in [1.165, 1.54) is 19.3 Å². The third-order valence-electron chi connectivity index (χ3n) is 6.18. The Hall–Kier alpha value is -1.60. The van der Waals surface area contributed by atoms with Crippen LogP contribution in [-0.4, -0.2) is 53.6 Å². The number of rotatable bonds is 11. The third kappa shape index (κ3) is 8.81. The first-order valence-corrected chi connectivity index (χ1v) is 11.4. The highest BCUT2D eigenvalue weighted by atomic mass is 19.4. The quantitative estimate of drug-likeness (QED) is 0.478. The first kappa shape index (κ1) is 25.7. The van der Waals surface area contributed by atoms with Crippen LogP contribution in [0.1, 0.15) is 70.0 Å². The summed E-state index contributed by atoms with van der Waals surface area (Å²) < 4.78 is 38.8. The molecule has 1 saturated heterocycles. The Morgan fingerprint density at radius 3 is 2.29 bits per heavy atom. The number of halogens is 3. The zero-order valence-corrected chi connectivity index (χ0v) is 19.0. The molecular weight excluding hydrogens is 405 g/mol. The van der Waals surface area contributed by atoms with E-state index >= 15 is 0 Å². The molecule has 7 heteroatoms. The zero-order chi connectivity index (χ0) is 23.0. The molecule has 1 N–H and O–H groups in total. The Bertz CT molecular complexity index is 676. The van der Waals surface area contributed by atoms with Gasteiger partial charge in [-0.05, 0) is 48.9 Å². The number of carbonyl (C=O) groups is 1. The largest absolute Gasteiger partial charge is 0.480 e. The SMILES string of the molecule is CC(C)CCCC(C)CCCN1CCN(CC(=O)O)CC1c1ccc(C(F)(F)F)cc1. The van der Waals surface area contributed by atoms with Gasteiger partial charge in [-0.1, -0.05) is 52.2 Å². The number of hydrogen-bond acceptors (Lipinski definition) is 3. The van der Waals surface area contributed by atoms with Gasteiger partial charge in [0.15, 0.2) is 0 Å². The molecule has 1 aromatic carbocycles. The van der Waals surface area contributed by atoms with Crippen LogP contribution in [0.3, 0.4) is 0 Å². The van der Waals surface area contributed by atoms with Gasteiger partial charge in [0.1, 0.15) is 0 Å². The lowest BCUT2D eigenvalue weighted by atomic mass is 9.95. The normalized spacial score (nSPS) is 19.6. The van der Waals surface area contributed by atoms with Gasteiger partial charge < -0.3 is 5.11 Å². The van der Waals surface area contributed by atoms with Crippen LogP contribution in [0.15, 0.2) is 24.3 Å². The maximum Gasteiger partial charge on any atom is 0.416 e. The molecule has 2 unspecified atom stereocenters. The first-order chi connectivity index (χ1) is 14.6. The van der Waals surface area contributed by atoms with Crippen LogP contribution in [0.4, 0.5) is 13.2 Å². The van der Waals surface area contributed by atoms with Gasteiger partial charge in [-0.2, -0.15) is 13.2 Å². The van der Waals surface area contributed by atoms with Crippen LogP contribution in [0, 0.1) is 11.8 Å². The molecule has 2 atom stereocenters. The lowest BCUT2D eigenvalue weighted by molar-refractivity contribution is -0.139. The monoisotopic (exact) mass is 442 g/mol. The molecule has 1 heterocycles. The van der Waals surface area contributed by atoms with Crippen LogP contribution < -0.4 is 0 Å². The summed E-state index contributed by atoms with van der Waals surface area (Å²) in [6.07, 6.45) is 1.55. The molecule has 4 nitrogen and oxygen atoms in total. The van der Waals surface area contributed by atoms with Crippen molar-refractivity contribution in [1.29, 1.82) is 0 Å². The van der Waals surface area contributed by atoms with Crippen LogP contribution >= 0.6 is 0 Å². The van der Waals surface area contributed by atoms with Crippen molar-refractivity contribution in [2.24, 2.45) is 11.8 Å². The Morgan fingerprint density at radius 1 is 1.06 bits per heavy atom. The topological polar surface area (TPSA) is 43.8 Å². The minimum atomic E-state index is -4.36. The average molecular weight is 443 g/mol. The van der Waals surface area contributed by atoms with Gasteiger partial charge in [0.2, 0.25) is 0 Å². The molecule has 1 aliphatic heterocycles. The lowest BCUT2D eigenvalue weighted by Gasteiger charge is -2.41. The second-order valence-electron chi connectivity index (χ2n) is 9.37. The van der Waals surface area contributed by atoms with Crippen molar-refractivity contribution in [3.63, 3.8) is 0 Å². The molecule has 0 radical (unpaired) electrons. The molecule has 0 amide bonds. The molecule has 176 valence electrons. The van der Waals surface area contributed by atoms with Gasteiger partial charge in [0.25, 0.3) is 0 Å². The molecule has 31 heavy (non-hydrogen) atoms. The second kappa shape index (κ2) is 11.9. The summed E-state index contributed by atoms with van der Waals surface area (Å²) in [5.41, 5.74) is 0.157. The Labute approximate surface area is 184 Å². The lowest BCUT2D eigenvalue weighted by Crippen LogP contribution is -2.50. The van der Waals surface area contributed by atoms with Gasteiger partial charge in [-0.15, -0.1) is 0 Å². The van der Waals surface area contributed by atoms with Gasteiger partial charge in [-0.3, -0.25) is 14.6 Å². The van der Waals surface area contributed by atoms with Gasteiger partial charge >= 0.3 is 12.1 Å². The fourth-order valence-electron chi connectivity index (χ4n) is 4.35. The maximum absolute atomic E-state index is 12.9. The average Bonchev–Trinajstić information content (AvgIpc) is 2.67. The van der Waals surface area contributed by atoms with Crippen molar-refractivity contribution in [3.05, 3.63) is 35.4 Å². The summed E-state index contributed by atoms with van der Waals surface area (Å²) in [6, 6.07) is 5.24. The number of hydrogen-bond donors (Lipinski definition) is 1.